The van der Waals surface area contributed by atoms with Gasteiger partial charge in [-0.2, -0.15) is 0 Å². The minimum atomic E-state index is -0.568. The smallest absolute Gasteiger partial charge is 0.236 e. The van der Waals surface area contributed by atoms with Crippen LogP contribution < -0.4 is 14.8 Å². The van der Waals surface area contributed by atoms with Gasteiger partial charge in [0.25, 0.3) is 0 Å². The molecule has 2 heterocycles. The molecule has 1 fully saturated rings. The molecule has 29 heavy (non-hydrogen) atoms. The Morgan fingerprint density at radius 3 is 2.41 bits per heavy atom. The van der Waals surface area contributed by atoms with E-state index in [1.54, 1.807) is 24.3 Å². The van der Waals surface area contributed by atoms with Crippen LogP contribution in [0, 0.1) is 0 Å². The van der Waals surface area contributed by atoms with Crippen molar-refractivity contribution in [3.05, 3.63) is 83.6 Å². The number of pyridine rings is 1. The third kappa shape index (κ3) is 3.12. The highest BCUT2D eigenvalue weighted by molar-refractivity contribution is 6.09. The minimum Gasteiger partial charge on any atom is -0.454 e. The fourth-order valence-electron chi connectivity index (χ4n) is 3.56. The molecule has 2 aliphatic rings. The van der Waals surface area contributed by atoms with Crippen molar-refractivity contribution in [2.45, 2.75) is 18.3 Å². The van der Waals surface area contributed by atoms with Gasteiger partial charge in [0.05, 0.1) is 5.41 Å². The van der Waals surface area contributed by atoms with Gasteiger partial charge in [0.2, 0.25) is 12.7 Å². The first kappa shape index (κ1) is 17.4. The minimum absolute atomic E-state index is 0.102. The molecular weight excluding hydrogens is 368 g/mol. The zero-order chi connectivity index (χ0) is 19.8. The summed E-state index contributed by atoms with van der Waals surface area (Å²) in [5.41, 5.74) is 1.42. The van der Waals surface area contributed by atoms with E-state index in [0.29, 0.717) is 28.4 Å². The van der Waals surface area contributed by atoms with E-state index in [1.165, 1.54) is 6.20 Å². The maximum absolute atomic E-state index is 12.9. The number of rotatable bonds is 5. The molecule has 5 rings (SSSR count). The van der Waals surface area contributed by atoms with E-state index >= 15 is 0 Å². The summed E-state index contributed by atoms with van der Waals surface area (Å²) in [4.78, 5) is 29.7. The molecule has 0 radical (unpaired) electrons. The third-order valence-electron chi connectivity index (χ3n) is 5.41. The average molecular weight is 386 g/mol. The molecule has 1 amide bonds. The number of carbonyl (C=O) groups is 2. The first-order valence-electron chi connectivity index (χ1n) is 9.43. The van der Waals surface area contributed by atoms with Crippen LogP contribution >= 0.6 is 0 Å². The van der Waals surface area contributed by atoms with Crippen molar-refractivity contribution < 1.29 is 19.1 Å². The number of anilines is 1. The maximum Gasteiger partial charge on any atom is 0.236 e. The van der Waals surface area contributed by atoms with Crippen molar-refractivity contribution in [2.75, 3.05) is 12.1 Å². The van der Waals surface area contributed by atoms with Crippen LogP contribution in [0.3, 0.4) is 0 Å². The molecule has 1 aliphatic heterocycles. The van der Waals surface area contributed by atoms with Gasteiger partial charge in [0, 0.05) is 17.3 Å². The number of hydrogen-bond donors (Lipinski definition) is 1. The lowest BCUT2D eigenvalue weighted by Crippen LogP contribution is -2.28. The lowest BCUT2D eigenvalue weighted by atomic mass is 9.94. The number of benzene rings is 2. The second-order valence-corrected chi connectivity index (χ2v) is 7.23. The summed E-state index contributed by atoms with van der Waals surface area (Å²) in [6, 6.07) is 18.0. The Morgan fingerprint density at radius 1 is 0.897 bits per heavy atom. The Hall–Kier alpha value is -3.67. The van der Waals surface area contributed by atoms with Gasteiger partial charge in [0.1, 0.15) is 5.82 Å². The molecule has 1 N–H and O–H groups in total. The van der Waals surface area contributed by atoms with Gasteiger partial charge in [-0.15, -0.1) is 0 Å². The summed E-state index contributed by atoms with van der Waals surface area (Å²) in [5, 5.41) is 2.88. The Kier molecular flexibility index (Phi) is 4.05. The van der Waals surface area contributed by atoms with Gasteiger partial charge >= 0.3 is 0 Å². The molecule has 6 nitrogen and oxygen atoms in total. The van der Waals surface area contributed by atoms with Crippen molar-refractivity contribution in [3.8, 4) is 11.5 Å². The number of fused-ring (bicyclic) bond motifs is 1. The number of carbonyl (C=O) groups excluding carboxylic acids is 2. The van der Waals surface area contributed by atoms with Crippen LogP contribution in [-0.4, -0.2) is 23.5 Å². The topological polar surface area (TPSA) is 77.5 Å². The van der Waals surface area contributed by atoms with E-state index in [-0.39, 0.29) is 18.5 Å². The number of nitrogens with one attached hydrogen (secondary N) is 1. The number of ether oxygens (including phenoxy) is 2. The summed E-state index contributed by atoms with van der Waals surface area (Å²) in [6.07, 6.45) is 3.03. The molecule has 6 heteroatoms. The number of aromatic nitrogens is 1. The molecule has 0 atom stereocenters. The second-order valence-electron chi connectivity index (χ2n) is 7.23. The fourth-order valence-corrected chi connectivity index (χ4v) is 3.56. The van der Waals surface area contributed by atoms with Crippen molar-refractivity contribution in [2.24, 2.45) is 0 Å². The molecule has 0 unspecified atom stereocenters. The molecule has 1 aliphatic carbocycles. The van der Waals surface area contributed by atoms with Gasteiger partial charge in [-0.3, -0.25) is 9.59 Å². The maximum atomic E-state index is 12.9. The normalized spacial score (nSPS) is 15.6. The molecule has 0 saturated heterocycles. The van der Waals surface area contributed by atoms with Crippen LogP contribution in [0.4, 0.5) is 5.82 Å². The molecule has 1 aromatic heterocycles. The fraction of sp³-hybridized carbons (Fsp3) is 0.174. The Bertz CT molecular complexity index is 1090. The summed E-state index contributed by atoms with van der Waals surface area (Å²) in [6.45, 7) is 0.204. The highest BCUT2D eigenvalue weighted by Crippen LogP contribution is 2.51. The van der Waals surface area contributed by atoms with Crippen LogP contribution in [0.5, 0.6) is 11.5 Å². The third-order valence-corrected chi connectivity index (χ3v) is 5.41. The van der Waals surface area contributed by atoms with Gasteiger partial charge in [-0.25, -0.2) is 4.98 Å². The van der Waals surface area contributed by atoms with Crippen LogP contribution in [-0.2, 0) is 10.2 Å². The zero-order valence-electron chi connectivity index (χ0n) is 15.6. The first-order valence-corrected chi connectivity index (χ1v) is 9.43. The Morgan fingerprint density at radius 2 is 1.69 bits per heavy atom. The largest absolute Gasteiger partial charge is 0.454 e. The first-order chi connectivity index (χ1) is 14.2. The van der Waals surface area contributed by atoms with Gasteiger partial charge < -0.3 is 14.8 Å². The molecular formula is C23H18N2O4. The highest BCUT2D eigenvalue weighted by atomic mass is 16.7. The highest BCUT2D eigenvalue weighted by Gasteiger charge is 2.51. The van der Waals surface area contributed by atoms with Crippen molar-refractivity contribution in [1.82, 2.24) is 4.98 Å². The van der Waals surface area contributed by atoms with Crippen molar-refractivity contribution >= 4 is 17.5 Å². The monoisotopic (exact) mass is 386 g/mol. The van der Waals surface area contributed by atoms with Crippen molar-refractivity contribution in [1.29, 1.82) is 0 Å². The van der Waals surface area contributed by atoms with Crippen LogP contribution in [0.1, 0.15) is 34.3 Å². The molecule has 144 valence electrons. The summed E-state index contributed by atoms with van der Waals surface area (Å²) in [7, 11) is 0. The van der Waals surface area contributed by atoms with E-state index < -0.39 is 5.41 Å². The molecule has 2 aromatic carbocycles. The van der Waals surface area contributed by atoms with Gasteiger partial charge in [0.15, 0.2) is 17.3 Å². The standard InChI is InChI=1S/C23H18N2O4/c26-21(15-4-2-1-3-5-15)16-6-9-20(24-13-16)25-22(27)23(10-11-23)17-7-8-18-19(12-17)29-14-28-18/h1-9,12-13H,10-11,14H2,(H,24,25,27). The van der Waals surface area contributed by atoms with E-state index in [2.05, 4.69) is 10.3 Å². The van der Waals surface area contributed by atoms with Crippen molar-refractivity contribution in [3.63, 3.8) is 0 Å². The Labute approximate surface area is 167 Å². The van der Waals surface area contributed by atoms with Gasteiger partial charge in [-0.1, -0.05) is 36.4 Å². The number of amides is 1. The van der Waals surface area contributed by atoms with Crippen LogP contribution in [0.25, 0.3) is 0 Å². The van der Waals surface area contributed by atoms with E-state index in [4.69, 9.17) is 9.47 Å². The number of nitrogens with zero attached hydrogens (tertiary/aromatic N) is 1. The molecule has 0 spiro atoms. The lowest BCUT2D eigenvalue weighted by molar-refractivity contribution is -0.118. The van der Waals surface area contributed by atoms with E-state index in [9.17, 15) is 9.59 Å². The predicted octanol–water partition coefficient (Wildman–Crippen LogP) is 3.71. The van der Waals surface area contributed by atoms with Crippen LogP contribution in [0.2, 0.25) is 0 Å². The van der Waals surface area contributed by atoms with E-state index in [1.807, 2.05) is 36.4 Å². The SMILES string of the molecule is O=C(c1ccccc1)c1ccc(NC(=O)C2(c3ccc4c(c3)OCO4)CC2)nc1. The molecule has 3 aromatic rings. The molecule has 1 saturated carbocycles. The number of hydrogen-bond acceptors (Lipinski definition) is 5. The number of ketones is 1. The molecule has 0 bridgehead atoms. The quantitative estimate of drug-likeness (QED) is 0.677. The Balaban J connectivity index is 1.31. The predicted molar refractivity (Wildman–Crippen MR) is 106 cm³/mol. The second kappa shape index (κ2) is 6.74. The summed E-state index contributed by atoms with van der Waals surface area (Å²) < 4.78 is 10.8. The lowest BCUT2D eigenvalue weighted by Gasteiger charge is -2.16. The van der Waals surface area contributed by atoms with Gasteiger partial charge in [-0.05, 0) is 42.7 Å². The zero-order valence-corrected chi connectivity index (χ0v) is 15.6. The summed E-state index contributed by atoms with van der Waals surface area (Å²) >= 11 is 0. The average Bonchev–Trinajstić information content (AvgIpc) is 3.45. The summed E-state index contributed by atoms with van der Waals surface area (Å²) in [5.74, 6) is 1.58. The van der Waals surface area contributed by atoms with Crippen LogP contribution in [0.15, 0.2) is 66.9 Å². The van der Waals surface area contributed by atoms with E-state index in [0.717, 1.165) is 18.4 Å².